The standard InChI is InChI=1S/C12H13F3O2/c13-12(14,15)10-4-2-1-3-9(10)11-7-8(16)5-6-17-11/h1-4,8,11,16H,5-7H2. The van der Waals surface area contributed by atoms with Crippen molar-refractivity contribution in [3.8, 4) is 0 Å². The van der Waals surface area contributed by atoms with Gasteiger partial charge in [-0.1, -0.05) is 18.2 Å². The summed E-state index contributed by atoms with van der Waals surface area (Å²) in [5, 5.41) is 9.47. The van der Waals surface area contributed by atoms with Gasteiger partial charge in [0.2, 0.25) is 0 Å². The van der Waals surface area contributed by atoms with Crippen molar-refractivity contribution in [1.29, 1.82) is 0 Å². The fourth-order valence-electron chi connectivity index (χ4n) is 2.03. The van der Waals surface area contributed by atoms with Gasteiger partial charge in [-0.25, -0.2) is 0 Å². The number of halogens is 3. The van der Waals surface area contributed by atoms with E-state index in [9.17, 15) is 18.3 Å². The Morgan fingerprint density at radius 1 is 1.24 bits per heavy atom. The highest BCUT2D eigenvalue weighted by Gasteiger charge is 2.36. The van der Waals surface area contributed by atoms with E-state index in [2.05, 4.69) is 0 Å². The van der Waals surface area contributed by atoms with E-state index in [-0.39, 0.29) is 18.6 Å². The van der Waals surface area contributed by atoms with E-state index in [0.717, 1.165) is 6.07 Å². The number of aliphatic hydroxyl groups excluding tert-OH is 1. The van der Waals surface area contributed by atoms with Crippen molar-refractivity contribution in [3.05, 3.63) is 35.4 Å². The lowest BCUT2D eigenvalue weighted by atomic mass is 9.95. The van der Waals surface area contributed by atoms with Crippen molar-refractivity contribution in [2.24, 2.45) is 0 Å². The van der Waals surface area contributed by atoms with Gasteiger partial charge in [-0.15, -0.1) is 0 Å². The van der Waals surface area contributed by atoms with Crippen LogP contribution in [0.3, 0.4) is 0 Å². The number of benzene rings is 1. The minimum absolute atomic E-state index is 0.110. The van der Waals surface area contributed by atoms with Crippen molar-refractivity contribution in [3.63, 3.8) is 0 Å². The van der Waals surface area contributed by atoms with Crippen molar-refractivity contribution >= 4 is 0 Å². The van der Waals surface area contributed by atoms with Gasteiger partial charge in [0, 0.05) is 13.0 Å². The van der Waals surface area contributed by atoms with Crippen LogP contribution >= 0.6 is 0 Å². The lowest BCUT2D eigenvalue weighted by Crippen LogP contribution is -2.25. The molecule has 1 fully saturated rings. The second kappa shape index (κ2) is 4.66. The molecule has 0 spiro atoms. The molecule has 5 heteroatoms. The van der Waals surface area contributed by atoms with Crippen LogP contribution in [0.1, 0.15) is 30.1 Å². The van der Waals surface area contributed by atoms with E-state index in [4.69, 9.17) is 4.74 Å². The molecule has 1 aromatic carbocycles. The molecular formula is C12H13F3O2. The third-order valence-electron chi connectivity index (χ3n) is 2.87. The average Bonchev–Trinajstić information content (AvgIpc) is 2.28. The molecule has 0 saturated carbocycles. The second-order valence-electron chi connectivity index (χ2n) is 4.12. The quantitative estimate of drug-likeness (QED) is 0.825. The van der Waals surface area contributed by atoms with E-state index in [0.29, 0.717) is 6.42 Å². The minimum atomic E-state index is -4.39. The van der Waals surface area contributed by atoms with Gasteiger partial charge in [-0.2, -0.15) is 13.2 Å². The van der Waals surface area contributed by atoms with Crippen molar-refractivity contribution < 1.29 is 23.0 Å². The molecule has 1 aromatic rings. The summed E-state index contributed by atoms with van der Waals surface area (Å²) in [7, 11) is 0. The second-order valence-corrected chi connectivity index (χ2v) is 4.12. The Labute approximate surface area is 97.0 Å². The Balaban J connectivity index is 2.31. The van der Waals surface area contributed by atoms with Gasteiger partial charge >= 0.3 is 6.18 Å². The van der Waals surface area contributed by atoms with Gasteiger partial charge in [0.05, 0.1) is 17.8 Å². The highest BCUT2D eigenvalue weighted by molar-refractivity contribution is 5.31. The molecule has 2 atom stereocenters. The van der Waals surface area contributed by atoms with Gasteiger partial charge in [0.15, 0.2) is 0 Å². The Morgan fingerprint density at radius 2 is 1.94 bits per heavy atom. The molecule has 0 aliphatic carbocycles. The fourth-order valence-corrected chi connectivity index (χ4v) is 2.03. The molecule has 2 rings (SSSR count). The van der Waals surface area contributed by atoms with Crippen LogP contribution in [-0.2, 0) is 10.9 Å². The first-order valence-corrected chi connectivity index (χ1v) is 5.44. The molecule has 1 saturated heterocycles. The number of ether oxygens (including phenoxy) is 1. The summed E-state index contributed by atoms with van der Waals surface area (Å²) in [6.07, 6.45) is -4.95. The van der Waals surface area contributed by atoms with Gasteiger partial charge in [0.1, 0.15) is 0 Å². The molecule has 1 aliphatic rings. The third-order valence-corrected chi connectivity index (χ3v) is 2.87. The lowest BCUT2D eigenvalue weighted by Gasteiger charge is -2.28. The predicted molar refractivity (Wildman–Crippen MR) is 55.4 cm³/mol. The van der Waals surface area contributed by atoms with E-state index in [1.54, 1.807) is 6.07 Å². The first-order chi connectivity index (χ1) is 7.98. The Morgan fingerprint density at radius 3 is 2.59 bits per heavy atom. The first-order valence-electron chi connectivity index (χ1n) is 5.44. The molecule has 0 radical (unpaired) electrons. The van der Waals surface area contributed by atoms with Crippen molar-refractivity contribution in [2.45, 2.75) is 31.2 Å². The predicted octanol–water partition coefficient (Wildman–Crippen LogP) is 2.92. The molecule has 1 N–H and O–H groups in total. The molecule has 0 aromatic heterocycles. The van der Waals surface area contributed by atoms with Crippen LogP contribution in [0, 0.1) is 0 Å². The molecule has 17 heavy (non-hydrogen) atoms. The van der Waals surface area contributed by atoms with Gasteiger partial charge in [-0.3, -0.25) is 0 Å². The molecule has 1 heterocycles. The summed E-state index contributed by atoms with van der Waals surface area (Å²) in [6, 6.07) is 5.35. The normalized spacial score (nSPS) is 25.9. The van der Waals surface area contributed by atoms with Crippen LogP contribution in [0.5, 0.6) is 0 Å². The van der Waals surface area contributed by atoms with Gasteiger partial charge in [0.25, 0.3) is 0 Å². The van der Waals surface area contributed by atoms with E-state index < -0.39 is 23.9 Å². The summed E-state index contributed by atoms with van der Waals surface area (Å²) < 4.78 is 43.7. The van der Waals surface area contributed by atoms with Crippen molar-refractivity contribution in [2.75, 3.05) is 6.61 Å². The van der Waals surface area contributed by atoms with Crippen LogP contribution in [0.15, 0.2) is 24.3 Å². The van der Waals surface area contributed by atoms with E-state index in [1.807, 2.05) is 0 Å². The van der Waals surface area contributed by atoms with Crippen LogP contribution in [0.25, 0.3) is 0 Å². The highest BCUT2D eigenvalue weighted by atomic mass is 19.4. The van der Waals surface area contributed by atoms with E-state index in [1.165, 1.54) is 12.1 Å². The van der Waals surface area contributed by atoms with Crippen LogP contribution in [-0.4, -0.2) is 17.8 Å². The topological polar surface area (TPSA) is 29.5 Å². The maximum atomic E-state index is 12.8. The maximum absolute atomic E-state index is 12.8. The zero-order chi connectivity index (χ0) is 12.5. The van der Waals surface area contributed by atoms with E-state index >= 15 is 0 Å². The number of aliphatic hydroxyl groups is 1. The Hall–Kier alpha value is -1.07. The molecule has 94 valence electrons. The summed E-state index contributed by atoms with van der Waals surface area (Å²) >= 11 is 0. The van der Waals surface area contributed by atoms with Crippen LogP contribution < -0.4 is 0 Å². The fraction of sp³-hybridized carbons (Fsp3) is 0.500. The molecule has 0 amide bonds. The molecular weight excluding hydrogens is 233 g/mol. The number of alkyl halides is 3. The minimum Gasteiger partial charge on any atom is -0.393 e. The summed E-state index contributed by atoms with van der Waals surface area (Å²) in [4.78, 5) is 0. The maximum Gasteiger partial charge on any atom is 0.416 e. The molecule has 0 bridgehead atoms. The zero-order valence-corrected chi connectivity index (χ0v) is 9.07. The number of hydrogen-bond donors (Lipinski definition) is 1. The Bertz CT molecular complexity index is 390. The number of hydrogen-bond acceptors (Lipinski definition) is 2. The summed E-state index contributed by atoms with van der Waals surface area (Å²) in [5.41, 5.74) is -0.571. The monoisotopic (exact) mass is 246 g/mol. The largest absolute Gasteiger partial charge is 0.416 e. The molecule has 2 unspecified atom stereocenters. The Kier molecular flexibility index (Phi) is 3.40. The number of rotatable bonds is 1. The highest BCUT2D eigenvalue weighted by Crippen LogP contribution is 2.38. The first kappa shape index (κ1) is 12.4. The summed E-state index contributed by atoms with van der Waals surface area (Å²) in [6.45, 7) is 0.290. The van der Waals surface area contributed by atoms with Crippen molar-refractivity contribution in [1.82, 2.24) is 0 Å². The molecule has 1 aliphatic heterocycles. The van der Waals surface area contributed by atoms with Crippen LogP contribution in [0.4, 0.5) is 13.2 Å². The summed E-state index contributed by atoms with van der Waals surface area (Å²) in [5.74, 6) is 0. The van der Waals surface area contributed by atoms with Crippen LogP contribution in [0.2, 0.25) is 0 Å². The van der Waals surface area contributed by atoms with Gasteiger partial charge in [-0.05, 0) is 18.1 Å². The molecule has 2 nitrogen and oxygen atoms in total. The smallest absolute Gasteiger partial charge is 0.393 e. The third kappa shape index (κ3) is 2.79. The van der Waals surface area contributed by atoms with Gasteiger partial charge < -0.3 is 9.84 Å². The lowest BCUT2D eigenvalue weighted by molar-refractivity contribution is -0.140. The average molecular weight is 246 g/mol. The zero-order valence-electron chi connectivity index (χ0n) is 9.07. The SMILES string of the molecule is OC1CCOC(c2ccccc2C(F)(F)F)C1.